The van der Waals surface area contributed by atoms with Gasteiger partial charge < -0.3 is 10.4 Å². The lowest BCUT2D eigenvalue weighted by Crippen LogP contribution is -2.51. The van der Waals surface area contributed by atoms with Crippen LogP contribution >= 0.6 is 0 Å². The van der Waals surface area contributed by atoms with Gasteiger partial charge >= 0.3 is 0 Å². The summed E-state index contributed by atoms with van der Waals surface area (Å²) < 4.78 is 0. The molecule has 3 saturated carbocycles. The minimum atomic E-state index is -0.166. The minimum absolute atomic E-state index is 0.00119. The smallest absolute Gasteiger partial charge is 0.216 e. The van der Waals surface area contributed by atoms with Crippen LogP contribution in [0.3, 0.4) is 0 Å². The van der Waals surface area contributed by atoms with E-state index < -0.39 is 0 Å². The van der Waals surface area contributed by atoms with Crippen LogP contribution in [0.5, 0.6) is 0 Å². The van der Waals surface area contributed by atoms with Crippen molar-refractivity contribution in [2.75, 3.05) is 6.54 Å². The molecule has 0 spiro atoms. The Labute approximate surface area is 169 Å². The van der Waals surface area contributed by atoms with Crippen molar-refractivity contribution in [3.05, 3.63) is 11.6 Å². The number of Topliss-reactive ketones (excluding diaryl/α,β-unsaturated/α-hetero) is 1. The van der Waals surface area contributed by atoms with Crippen LogP contribution < -0.4 is 5.32 Å². The molecule has 0 aliphatic heterocycles. The average molecular weight is 388 g/mol. The minimum Gasteiger partial charge on any atom is -0.393 e. The van der Waals surface area contributed by atoms with Gasteiger partial charge in [0.2, 0.25) is 5.91 Å². The molecular weight excluding hydrogens is 350 g/mol. The molecule has 0 heterocycles. The Balaban J connectivity index is 1.64. The highest BCUT2D eigenvalue weighted by Crippen LogP contribution is 2.67. The Morgan fingerprint density at radius 3 is 2.61 bits per heavy atom. The molecule has 2 unspecified atom stereocenters. The second-order valence-corrected chi connectivity index (χ2v) is 10.7. The van der Waals surface area contributed by atoms with Crippen LogP contribution in [0.4, 0.5) is 0 Å². The van der Waals surface area contributed by atoms with Crippen LogP contribution in [0.15, 0.2) is 11.6 Å². The van der Waals surface area contributed by atoms with Gasteiger partial charge in [0.15, 0.2) is 0 Å². The highest BCUT2D eigenvalue weighted by atomic mass is 16.3. The highest BCUT2D eigenvalue weighted by molar-refractivity contribution is 5.80. The molecule has 2 N–H and O–H groups in total. The summed E-state index contributed by atoms with van der Waals surface area (Å²) in [6.07, 6.45) is 9.60. The third-order valence-corrected chi connectivity index (χ3v) is 9.31. The van der Waals surface area contributed by atoms with E-state index in [2.05, 4.69) is 25.2 Å². The molecule has 4 aliphatic rings. The predicted molar refractivity (Wildman–Crippen MR) is 109 cm³/mol. The van der Waals surface area contributed by atoms with E-state index in [1.807, 2.05) is 0 Å². The van der Waals surface area contributed by atoms with E-state index in [1.165, 1.54) is 12.0 Å². The van der Waals surface area contributed by atoms with Gasteiger partial charge in [-0.05, 0) is 86.4 Å². The monoisotopic (exact) mass is 387 g/mol. The Bertz CT molecular complexity index is 700. The molecule has 156 valence electrons. The number of rotatable bonds is 3. The summed E-state index contributed by atoms with van der Waals surface area (Å²) in [5.41, 5.74) is 1.78. The standard InChI is InChI=1S/C24H37NO3/c1-14(26)22-16(13-25-15(2)27)11-21-19-6-5-17-12-18(28)7-9-23(17,3)20(19)8-10-24(21,22)4/h5,16,18-22,28H,6-13H2,1-4H3,(H,25,27)/t16?,18?,19-,20+,21+,22+,23+,24+/m1/s1. The van der Waals surface area contributed by atoms with Gasteiger partial charge in [0.25, 0.3) is 0 Å². The van der Waals surface area contributed by atoms with Gasteiger partial charge in [-0.1, -0.05) is 25.5 Å². The van der Waals surface area contributed by atoms with Gasteiger partial charge in [0.05, 0.1) is 6.10 Å². The van der Waals surface area contributed by atoms with Gasteiger partial charge in [-0.2, -0.15) is 0 Å². The third kappa shape index (κ3) is 2.98. The molecule has 8 atom stereocenters. The zero-order valence-corrected chi connectivity index (χ0v) is 18.0. The van der Waals surface area contributed by atoms with Crippen LogP contribution in [0, 0.1) is 40.4 Å². The number of carbonyl (C=O) groups excluding carboxylic acids is 2. The quantitative estimate of drug-likeness (QED) is 0.722. The molecule has 28 heavy (non-hydrogen) atoms. The van der Waals surface area contributed by atoms with Crippen molar-refractivity contribution in [3.63, 3.8) is 0 Å². The first-order valence-electron chi connectivity index (χ1n) is 11.3. The van der Waals surface area contributed by atoms with Crippen molar-refractivity contribution in [2.24, 2.45) is 40.4 Å². The topological polar surface area (TPSA) is 66.4 Å². The third-order valence-electron chi connectivity index (χ3n) is 9.31. The molecule has 4 aliphatic carbocycles. The molecule has 4 rings (SSSR count). The van der Waals surface area contributed by atoms with Crippen molar-refractivity contribution < 1.29 is 14.7 Å². The maximum absolute atomic E-state index is 12.7. The summed E-state index contributed by atoms with van der Waals surface area (Å²) in [5.74, 6) is 2.49. The Hall–Kier alpha value is -1.16. The molecule has 3 fully saturated rings. The lowest BCUT2D eigenvalue weighted by atomic mass is 9.47. The first-order valence-corrected chi connectivity index (χ1v) is 11.3. The van der Waals surface area contributed by atoms with Crippen molar-refractivity contribution in [1.29, 1.82) is 0 Å². The zero-order chi connectivity index (χ0) is 20.3. The number of aliphatic hydroxyl groups excluding tert-OH is 1. The molecule has 4 heteroatoms. The zero-order valence-electron chi connectivity index (χ0n) is 18.0. The van der Waals surface area contributed by atoms with Gasteiger partial charge in [0.1, 0.15) is 5.78 Å². The highest BCUT2D eigenvalue weighted by Gasteiger charge is 2.61. The van der Waals surface area contributed by atoms with E-state index in [1.54, 1.807) is 13.8 Å². The summed E-state index contributed by atoms with van der Waals surface area (Å²) in [7, 11) is 0. The lowest BCUT2D eigenvalue weighted by molar-refractivity contribution is -0.129. The van der Waals surface area contributed by atoms with Gasteiger partial charge in [-0.25, -0.2) is 0 Å². The molecule has 1 amide bonds. The Morgan fingerprint density at radius 2 is 1.93 bits per heavy atom. The summed E-state index contributed by atoms with van der Waals surface area (Å²) >= 11 is 0. The van der Waals surface area contributed by atoms with Crippen molar-refractivity contribution in [3.8, 4) is 0 Å². The van der Waals surface area contributed by atoms with Crippen LogP contribution in [-0.4, -0.2) is 29.4 Å². The molecule has 0 aromatic carbocycles. The van der Waals surface area contributed by atoms with E-state index in [9.17, 15) is 14.7 Å². The van der Waals surface area contributed by atoms with E-state index in [0.29, 0.717) is 30.1 Å². The number of aliphatic hydroxyl groups is 1. The van der Waals surface area contributed by atoms with E-state index >= 15 is 0 Å². The van der Waals surface area contributed by atoms with Crippen LogP contribution in [0.1, 0.15) is 72.6 Å². The fourth-order valence-electron chi connectivity index (χ4n) is 8.09. The van der Waals surface area contributed by atoms with E-state index in [4.69, 9.17) is 0 Å². The summed E-state index contributed by atoms with van der Waals surface area (Å²) in [4.78, 5) is 24.2. The second-order valence-electron chi connectivity index (χ2n) is 10.7. The van der Waals surface area contributed by atoms with Crippen LogP contribution in [0.2, 0.25) is 0 Å². The van der Waals surface area contributed by atoms with Crippen LogP contribution in [0.25, 0.3) is 0 Å². The number of amides is 1. The fraction of sp³-hybridized carbons (Fsp3) is 0.833. The number of allylic oxidation sites excluding steroid dienone is 1. The second kappa shape index (κ2) is 6.97. The Morgan fingerprint density at radius 1 is 1.18 bits per heavy atom. The summed E-state index contributed by atoms with van der Waals surface area (Å²) in [6.45, 7) is 8.76. The molecule has 4 nitrogen and oxygen atoms in total. The molecule has 0 aromatic rings. The molecule has 0 saturated heterocycles. The molecule has 0 aromatic heterocycles. The van der Waals surface area contributed by atoms with Gasteiger partial charge in [0, 0.05) is 19.4 Å². The largest absolute Gasteiger partial charge is 0.393 e. The van der Waals surface area contributed by atoms with Crippen molar-refractivity contribution in [1.82, 2.24) is 5.32 Å². The van der Waals surface area contributed by atoms with Crippen molar-refractivity contribution >= 4 is 11.7 Å². The molecule has 0 radical (unpaired) electrons. The van der Waals surface area contributed by atoms with Crippen molar-refractivity contribution in [2.45, 2.75) is 78.7 Å². The fourth-order valence-corrected chi connectivity index (χ4v) is 8.09. The Kier molecular flexibility index (Phi) is 5.01. The first kappa shape index (κ1) is 20.1. The number of carbonyl (C=O) groups is 2. The number of hydrogen-bond donors (Lipinski definition) is 2. The molecule has 0 bridgehead atoms. The first-order chi connectivity index (χ1) is 13.2. The summed E-state index contributed by atoms with van der Waals surface area (Å²) in [5, 5.41) is 13.2. The normalized spacial score (nSPS) is 47.4. The van der Waals surface area contributed by atoms with E-state index in [-0.39, 0.29) is 34.7 Å². The van der Waals surface area contributed by atoms with Gasteiger partial charge in [-0.15, -0.1) is 0 Å². The number of nitrogens with one attached hydrogen (secondary N) is 1. The van der Waals surface area contributed by atoms with E-state index in [0.717, 1.165) is 38.5 Å². The van der Waals surface area contributed by atoms with Gasteiger partial charge in [-0.3, -0.25) is 9.59 Å². The predicted octanol–water partition coefficient (Wildman–Crippen LogP) is 3.88. The average Bonchev–Trinajstić information content (AvgIpc) is 2.93. The SMILES string of the molecule is CC(=O)NCC1C[C@H]2[C@@H]3CC=C4CC(O)CC[C@]4(C)[C@H]3CC[C@]2(C)[C@H]1C(C)=O. The summed E-state index contributed by atoms with van der Waals surface area (Å²) in [6, 6.07) is 0. The maximum Gasteiger partial charge on any atom is 0.216 e. The lowest BCUT2D eigenvalue weighted by Gasteiger charge is -2.57. The molecular formula is C24H37NO3. The maximum atomic E-state index is 12.7. The van der Waals surface area contributed by atoms with Crippen LogP contribution in [-0.2, 0) is 9.59 Å². The number of hydrogen-bond acceptors (Lipinski definition) is 3. The number of ketones is 1. The number of fused-ring (bicyclic) bond motifs is 5.